The number of benzene rings is 2. The lowest BCUT2D eigenvalue weighted by molar-refractivity contribution is -0.104. The van der Waals surface area contributed by atoms with Gasteiger partial charge >= 0.3 is 0 Å². The minimum absolute atomic E-state index is 0.313. The molecule has 2 aromatic carbocycles. The molecule has 0 saturated heterocycles. The van der Waals surface area contributed by atoms with Gasteiger partial charge < -0.3 is 9.47 Å². The predicted molar refractivity (Wildman–Crippen MR) is 76.1 cm³/mol. The molecule has 2 nitrogen and oxygen atoms in total. The SMILES string of the molecule is COC(OC)c1cc2ccccc2c2sccc12. The number of methoxy groups -OCH3 is 2. The average Bonchev–Trinajstić information content (AvgIpc) is 2.89. The van der Waals surface area contributed by atoms with E-state index >= 15 is 0 Å². The first kappa shape index (κ1) is 11.7. The van der Waals surface area contributed by atoms with Crippen LogP contribution in [0, 0.1) is 0 Å². The van der Waals surface area contributed by atoms with E-state index in [1.807, 2.05) is 0 Å². The Morgan fingerprint density at radius 2 is 1.78 bits per heavy atom. The summed E-state index contributed by atoms with van der Waals surface area (Å²) in [5, 5.41) is 5.84. The second-order valence-electron chi connectivity index (χ2n) is 4.15. The Balaban J connectivity index is 2.38. The summed E-state index contributed by atoms with van der Waals surface area (Å²) >= 11 is 1.76. The van der Waals surface area contributed by atoms with Crippen LogP contribution in [0.15, 0.2) is 41.8 Å². The Kier molecular flexibility index (Phi) is 3.04. The molecule has 0 aliphatic carbocycles. The largest absolute Gasteiger partial charge is 0.352 e. The summed E-state index contributed by atoms with van der Waals surface area (Å²) in [6, 6.07) is 12.7. The molecule has 3 rings (SSSR count). The summed E-state index contributed by atoms with van der Waals surface area (Å²) < 4.78 is 12.1. The van der Waals surface area contributed by atoms with Crippen LogP contribution in [0.2, 0.25) is 0 Å². The minimum Gasteiger partial charge on any atom is -0.352 e. The lowest BCUT2D eigenvalue weighted by Gasteiger charge is -2.16. The highest BCUT2D eigenvalue weighted by molar-refractivity contribution is 7.18. The molecule has 92 valence electrons. The fourth-order valence-corrected chi connectivity index (χ4v) is 3.33. The van der Waals surface area contributed by atoms with Crippen molar-refractivity contribution in [1.29, 1.82) is 0 Å². The number of ether oxygens (including phenoxy) is 2. The van der Waals surface area contributed by atoms with Gasteiger partial charge in [0.25, 0.3) is 0 Å². The average molecular weight is 258 g/mol. The van der Waals surface area contributed by atoms with Crippen LogP contribution >= 0.6 is 11.3 Å². The first-order chi connectivity index (χ1) is 8.85. The summed E-state index contributed by atoms with van der Waals surface area (Å²) in [5.74, 6) is 0. The zero-order valence-corrected chi connectivity index (χ0v) is 11.2. The Hall–Kier alpha value is -1.42. The van der Waals surface area contributed by atoms with Crippen LogP contribution in [0.4, 0.5) is 0 Å². The van der Waals surface area contributed by atoms with Gasteiger partial charge in [0, 0.05) is 29.9 Å². The minimum atomic E-state index is -0.313. The van der Waals surface area contributed by atoms with E-state index in [2.05, 4.69) is 41.8 Å². The van der Waals surface area contributed by atoms with Crippen LogP contribution in [0.25, 0.3) is 20.9 Å². The van der Waals surface area contributed by atoms with Crippen molar-refractivity contribution in [2.24, 2.45) is 0 Å². The molecule has 0 spiro atoms. The fraction of sp³-hybridized carbons (Fsp3) is 0.200. The molecule has 0 saturated carbocycles. The Labute approximate surface area is 110 Å². The fourth-order valence-electron chi connectivity index (χ4n) is 2.37. The van der Waals surface area contributed by atoms with Gasteiger partial charge in [-0.3, -0.25) is 0 Å². The van der Waals surface area contributed by atoms with Gasteiger partial charge in [-0.1, -0.05) is 24.3 Å². The second-order valence-corrected chi connectivity index (χ2v) is 5.07. The van der Waals surface area contributed by atoms with Gasteiger partial charge in [0.1, 0.15) is 0 Å². The molecule has 0 amide bonds. The molecule has 0 radical (unpaired) electrons. The number of hydrogen-bond acceptors (Lipinski definition) is 3. The zero-order valence-electron chi connectivity index (χ0n) is 10.3. The normalized spacial score (nSPS) is 11.7. The van der Waals surface area contributed by atoms with Crippen molar-refractivity contribution >= 4 is 32.2 Å². The van der Waals surface area contributed by atoms with Crippen molar-refractivity contribution in [3.05, 3.63) is 47.3 Å². The van der Waals surface area contributed by atoms with E-state index in [4.69, 9.17) is 9.47 Å². The summed E-state index contributed by atoms with van der Waals surface area (Å²) in [6.45, 7) is 0. The molecular weight excluding hydrogens is 244 g/mol. The maximum absolute atomic E-state index is 5.39. The van der Waals surface area contributed by atoms with E-state index in [1.54, 1.807) is 25.6 Å². The molecule has 0 atom stereocenters. The van der Waals surface area contributed by atoms with Crippen LogP contribution < -0.4 is 0 Å². The summed E-state index contributed by atoms with van der Waals surface area (Å²) in [5.41, 5.74) is 1.09. The van der Waals surface area contributed by atoms with Gasteiger partial charge in [0.05, 0.1) is 0 Å². The Bertz CT molecular complexity index is 683. The van der Waals surface area contributed by atoms with E-state index in [0.717, 1.165) is 5.56 Å². The van der Waals surface area contributed by atoms with Crippen molar-refractivity contribution in [2.75, 3.05) is 14.2 Å². The smallest absolute Gasteiger partial charge is 0.183 e. The van der Waals surface area contributed by atoms with Gasteiger partial charge in [-0.2, -0.15) is 0 Å². The third-order valence-corrected chi connectivity index (χ3v) is 4.12. The van der Waals surface area contributed by atoms with Gasteiger partial charge in [-0.05, 0) is 28.3 Å². The quantitative estimate of drug-likeness (QED) is 0.650. The molecule has 0 N–H and O–H groups in total. The van der Waals surface area contributed by atoms with Crippen molar-refractivity contribution < 1.29 is 9.47 Å². The molecule has 3 heteroatoms. The topological polar surface area (TPSA) is 18.5 Å². The molecule has 0 aliphatic rings. The van der Waals surface area contributed by atoms with E-state index in [1.165, 1.54) is 20.9 Å². The second kappa shape index (κ2) is 4.69. The molecule has 1 aromatic heterocycles. The summed E-state index contributed by atoms with van der Waals surface area (Å²) in [6.07, 6.45) is -0.313. The predicted octanol–water partition coefficient (Wildman–Crippen LogP) is 4.35. The molecule has 0 bridgehead atoms. The molecule has 18 heavy (non-hydrogen) atoms. The third kappa shape index (κ3) is 1.72. The summed E-state index contributed by atoms with van der Waals surface area (Å²) in [4.78, 5) is 0. The first-order valence-corrected chi connectivity index (χ1v) is 6.67. The molecule has 1 heterocycles. The van der Waals surface area contributed by atoms with E-state index in [0.29, 0.717) is 0 Å². The van der Waals surface area contributed by atoms with Crippen LogP contribution in [0.3, 0.4) is 0 Å². The van der Waals surface area contributed by atoms with Gasteiger partial charge in [0.2, 0.25) is 0 Å². The maximum Gasteiger partial charge on any atom is 0.183 e. The molecule has 0 unspecified atom stereocenters. The van der Waals surface area contributed by atoms with Gasteiger partial charge in [-0.25, -0.2) is 0 Å². The monoisotopic (exact) mass is 258 g/mol. The molecule has 0 fully saturated rings. The molecular formula is C15H14O2S. The number of fused-ring (bicyclic) bond motifs is 3. The van der Waals surface area contributed by atoms with E-state index < -0.39 is 0 Å². The van der Waals surface area contributed by atoms with E-state index in [9.17, 15) is 0 Å². The molecule has 3 aromatic rings. The Morgan fingerprint density at radius 1 is 1.00 bits per heavy atom. The maximum atomic E-state index is 5.39. The van der Waals surface area contributed by atoms with Crippen LogP contribution in [0.5, 0.6) is 0 Å². The molecule has 0 aliphatic heterocycles. The zero-order chi connectivity index (χ0) is 12.5. The lowest BCUT2D eigenvalue weighted by Crippen LogP contribution is -2.03. The third-order valence-electron chi connectivity index (χ3n) is 3.17. The van der Waals surface area contributed by atoms with E-state index in [-0.39, 0.29) is 6.29 Å². The first-order valence-electron chi connectivity index (χ1n) is 5.79. The van der Waals surface area contributed by atoms with Crippen molar-refractivity contribution in [1.82, 2.24) is 0 Å². The number of hydrogen-bond donors (Lipinski definition) is 0. The van der Waals surface area contributed by atoms with Crippen LogP contribution in [-0.4, -0.2) is 14.2 Å². The highest BCUT2D eigenvalue weighted by Crippen LogP contribution is 2.36. The Morgan fingerprint density at radius 3 is 2.56 bits per heavy atom. The van der Waals surface area contributed by atoms with Crippen molar-refractivity contribution in [3.8, 4) is 0 Å². The van der Waals surface area contributed by atoms with Crippen molar-refractivity contribution in [2.45, 2.75) is 6.29 Å². The van der Waals surface area contributed by atoms with Crippen LogP contribution in [-0.2, 0) is 9.47 Å². The highest BCUT2D eigenvalue weighted by Gasteiger charge is 2.15. The van der Waals surface area contributed by atoms with Crippen molar-refractivity contribution in [3.63, 3.8) is 0 Å². The van der Waals surface area contributed by atoms with Gasteiger partial charge in [0.15, 0.2) is 6.29 Å². The summed E-state index contributed by atoms with van der Waals surface area (Å²) in [7, 11) is 3.34. The highest BCUT2D eigenvalue weighted by atomic mass is 32.1. The number of thiophene rings is 1. The van der Waals surface area contributed by atoms with Gasteiger partial charge in [-0.15, -0.1) is 11.3 Å². The lowest BCUT2D eigenvalue weighted by atomic mass is 10.0. The van der Waals surface area contributed by atoms with Crippen LogP contribution in [0.1, 0.15) is 11.9 Å². The number of rotatable bonds is 3. The standard InChI is InChI=1S/C15H14O2S/c1-16-15(17-2)13-9-10-5-3-4-6-11(10)14-12(13)7-8-18-14/h3-9,15H,1-2H3.